The first kappa shape index (κ1) is 24.5. The van der Waals surface area contributed by atoms with E-state index in [0.29, 0.717) is 0 Å². The molecule has 2 saturated carbocycles. The molecule has 0 amide bonds. The van der Waals surface area contributed by atoms with E-state index in [-0.39, 0.29) is 24.0 Å². The van der Waals surface area contributed by atoms with Crippen molar-refractivity contribution in [3.8, 4) is 0 Å². The third-order valence-corrected chi connectivity index (χ3v) is 7.94. The molecule has 0 spiro atoms. The summed E-state index contributed by atoms with van der Waals surface area (Å²) in [5.74, 6) is 3.94. The van der Waals surface area contributed by atoms with Crippen LogP contribution in [0.3, 0.4) is 0 Å². The number of nitrogens with zero attached hydrogens (tertiary/aromatic N) is 4. The molecule has 2 aliphatic carbocycles. The average Bonchev–Trinajstić information content (AvgIpc) is 3.40. The number of piperidine rings is 1. The van der Waals surface area contributed by atoms with Crippen molar-refractivity contribution < 1.29 is 4.74 Å². The minimum absolute atomic E-state index is 0. The van der Waals surface area contributed by atoms with Gasteiger partial charge in [0.2, 0.25) is 0 Å². The molecule has 1 N–H and O–H groups in total. The summed E-state index contributed by atoms with van der Waals surface area (Å²) in [4.78, 5) is 12.9. The van der Waals surface area contributed by atoms with E-state index in [0.717, 1.165) is 69.1 Å². The van der Waals surface area contributed by atoms with Gasteiger partial charge in [0.05, 0.1) is 6.61 Å². The van der Waals surface area contributed by atoms with E-state index in [4.69, 9.17) is 9.73 Å². The van der Waals surface area contributed by atoms with Crippen molar-refractivity contribution in [2.45, 2.75) is 51.5 Å². The first-order valence-corrected chi connectivity index (χ1v) is 12.3. The molecule has 2 aliphatic heterocycles. The molecule has 4 aliphatic rings. The van der Waals surface area contributed by atoms with E-state index in [1.807, 2.05) is 0 Å². The number of fused-ring (bicyclic) bond motifs is 2. The molecule has 0 aromatic rings. The smallest absolute Gasteiger partial charge is 0.194 e. The number of halogens is 1. The van der Waals surface area contributed by atoms with Gasteiger partial charge in [0.25, 0.3) is 0 Å². The number of likely N-dealkylation sites (tertiary alicyclic amines) is 1. The van der Waals surface area contributed by atoms with Crippen LogP contribution in [0.1, 0.15) is 45.4 Å². The Balaban J connectivity index is 0.00000256. The van der Waals surface area contributed by atoms with Gasteiger partial charge < -0.3 is 19.9 Å². The van der Waals surface area contributed by atoms with Crippen LogP contribution in [0.4, 0.5) is 0 Å². The van der Waals surface area contributed by atoms with Crippen LogP contribution in [0, 0.1) is 17.8 Å². The lowest BCUT2D eigenvalue weighted by molar-refractivity contribution is 0.0956. The maximum Gasteiger partial charge on any atom is 0.194 e. The Morgan fingerprint density at radius 1 is 1.00 bits per heavy atom. The summed E-state index contributed by atoms with van der Waals surface area (Å²) in [5, 5.41) is 3.57. The zero-order valence-electron chi connectivity index (χ0n) is 19.2. The highest BCUT2D eigenvalue weighted by molar-refractivity contribution is 14.0. The number of nitrogens with one attached hydrogen (secondary N) is 1. The lowest BCUT2D eigenvalue weighted by Gasteiger charge is -2.42. The van der Waals surface area contributed by atoms with Crippen molar-refractivity contribution in [1.82, 2.24) is 20.0 Å². The number of hydrogen-bond acceptors (Lipinski definition) is 4. The van der Waals surface area contributed by atoms with Crippen LogP contribution in [0.25, 0.3) is 0 Å². The van der Waals surface area contributed by atoms with Crippen LogP contribution < -0.4 is 5.32 Å². The van der Waals surface area contributed by atoms with Crippen molar-refractivity contribution >= 4 is 29.9 Å². The monoisotopic (exact) mass is 533 g/mol. The molecule has 2 saturated heterocycles. The van der Waals surface area contributed by atoms with Crippen LogP contribution in [0.5, 0.6) is 0 Å². The van der Waals surface area contributed by atoms with Crippen molar-refractivity contribution in [1.29, 1.82) is 0 Å². The number of piperazine rings is 1. The quantitative estimate of drug-likeness (QED) is 0.310. The fourth-order valence-electron chi connectivity index (χ4n) is 6.18. The maximum absolute atomic E-state index is 5.22. The van der Waals surface area contributed by atoms with Gasteiger partial charge in [-0.1, -0.05) is 6.42 Å². The van der Waals surface area contributed by atoms with Gasteiger partial charge in [-0.15, -0.1) is 24.0 Å². The van der Waals surface area contributed by atoms with Crippen molar-refractivity contribution in [2.75, 3.05) is 72.6 Å². The zero-order valence-corrected chi connectivity index (χ0v) is 21.6. The Labute approximate surface area is 201 Å². The summed E-state index contributed by atoms with van der Waals surface area (Å²) >= 11 is 0. The molecule has 0 aromatic carbocycles. The predicted molar refractivity (Wildman–Crippen MR) is 135 cm³/mol. The molecule has 7 heteroatoms. The van der Waals surface area contributed by atoms with E-state index in [1.165, 1.54) is 64.7 Å². The Morgan fingerprint density at radius 2 is 1.77 bits per heavy atom. The predicted octanol–water partition coefficient (Wildman–Crippen LogP) is 2.73. The maximum atomic E-state index is 5.22. The second-order valence-electron chi connectivity index (χ2n) is 9.74. The zero-order chi connectivity index (χ0) is 20.1. The molecule has 3 unspecified atom stereocenters. The fourth-order valence-corrected chi connectivity index (χ4v) is 6.18. The molecule has 3 atom stereocenters. The summed E-state index contributed by atoms with van der Waals surface area (Å²) in [5.41, 5.74) is 0. The number of guanidine groups is 1. The number of aliphatic imine (C=N–C) groups is 1. The normalized spacial score (nSPS) is 31.2. The molecule has 0 radical (unpaired) electrons. The van der Waals surface area contributed by atoms with Gasteiger partial charge in [-0.05, 0) is 69.9 Å². The minimum atomic E-state index is 0. The summed E-state index contributed by atoms with van der Waals surface area (Å²) in [6.07, 6.45) is 8.52. The summed E-state index contributed by atoms with van der Waals surface area (Å²) in [6, 6.07) is 0.888. The Hall–Kier alpha value is -0.120. The fraction of sp³-hybridized carbons (Fsp3) is 0.957. The molecule has 4 fully saturated rings. The van der Waals surface area contributed by atoms with Crippen molar-refractivity contribution in [3.05, 3.63) is 0 Å². The van der Waals surface area contributed by atoms with Crippen LogP contribution in [-0.4, -0.2) is 99.3 Å². The van der Waals surface area contributed by atoms with Gasteiger partial charge in [0.15, 0.2) is 5.96 Å². The average molecular weight is 534 g/mol. The molecule has 0 aromatic heterocycles. The highest BCUT2D eigenvalue weighted by Crippen LogP contribution is 2.46. The summed E-state index contributed by atoms with van der Waals surface area (Å²) in [7, 11) is 1.79. The second kappa shape index (κ2) is 12.2. The molecular formula is C23H44IN5O. The minimum Gasteiger partial charge on any atom is -0.383 e. The summed E-state index contributed by atoms with van der Waals surface area (Å²) < 4.78 is 5.22. The largest absolute Gasteiger partial charge is 0.383 e. The number of rotatable bonds is 7. The third-order valence-electron chi connectivity index (χ3n) is 7.94. The van der Waals surface area contributed by atoms with Gasteiger partial charge >= 0.3 is 0 Å². The second-order valence-corrected chi connectivity index (χ2v) is 9.74. The van der Waals surface area contributed by atoms with E-state index in [9.17, 15) is 0 Å². The molecule has 30 heavy (non-hydrogen) atoms. The standard InChI is InChI=1S/C23H43N5O.HI/c1-3-24-23(25-18-19-6-8-26(9-7-19)14-15-29-2)28-12-10-27(11-13-28)22-17-20-4-5-21(22)16-20;/h19-22H,3-18H2,1-2H3,(H,24,25);1H. The first-order chi connectivity index (χ1) is 14.3. The molecule has 6 nitrogen and oxygen atoms in total. The van der Waals surface area contributed by atoms with Gasteiger partial charge in [-0.3, -0.25) is 9.89 Å². The van der Waals surface area contributed by atoms with Crippen LogP contribution in [0.15, 0.2) is 4.99 Å². The highest BCUT2D eigenvalue weighted by Gasteiger charge is 2.42. The first-order valence-electron chi connectivity index (χ1n) is 12.3. The third kappa shape index (κ3) is 6.23. The van der Waals surface area contributed by atoms with Crippen LogP contribution in [-0.2, 0) is 4.74 Å². The van der Waals surface area contributed by atoms with E-state index in [1.54, 1.807) is 7.11 Å². The van der Waals surface area contributed by atoms with E-state index >= 15 is 0 Å². The molecular weight excluding hydrogens is 489 g/mol. The van der Waals surface area contributed by atoms with Gasteiger partial charge in [0, 0.05) is 59.0 Å². The highest BCUT2D eigenvalue weighted by atomic mass is 127. The number of ether oxygens (including phenoxy) is 1. The molecule has 174 valence electrons. The summed E-state index contributed by atoms with van der Waals surface area (Å²) in [6.45, 7) is 13.1. The Kier molecular flexibility index (Phi) is 9.98. The van der Waals surface area contributed by atoms with E-state index < -0.39 is 0 Å². The number of methoxy groups -OCH3 is 1. The lowest BCUT2D eigenvalue weighted by atomic mass is 9.93. The van der Waals surface area contributed by atoms with Crippen LogP contribution >= 0.6 is 24.0 Å². The molecule has 4 rings (SSSR count). The van der Waals surface area contributed by atoms with Gasteiger partial charge in [-0.2, -0.15) is 0 Å². The van der Waals surface area contributed by atoms with Crippen LogP contribution in [0.2, 0.25) is 0 Å². The molecule has 2 heterocycles. The lowest BCUT2D eigenvalue weighted by Crippen LogP contribution is -2.55. The van der Waals surface area contributed by atoms with E-state index in [2.05, 4.69) is 26.9 Å². The Bertz CT molecular complexity index is 532. The Morgan fingerprint density at radius 3 is 2.37 bits per heavy atom. The van der Waals surface area contributed by atoms with Crippen molar-refractivity contribution in [2.24, 2.45) is 22.7 Å². The number of hydrogen-bond donors (Lipinski definition) is 1. The van der Waals surface area contributed by atoms with Gasteiger partial charge in [-0.25, -0.2) is 0 Å². The SMILES string of the molecule is CCNC(=NCC1CCN(CCOC)CC1)N1CCN(C2CC3CCC2C3)CC1.I. The molecule has 2 bridgehead atoms. The topological polar surface area (TPSA) is 43.3 Å². The van der Waals surface area contributed by atoms with Gasteiger partial charge in [0.1, 0.15) is 0 Å². The van der Waals surface area contributed by atoms with Crippen molar-refractivity contribution in [3.63, 3.8) is 0 Å².